The van der Waals surface area contributed by atoms with E-state index in [1.54, 1.807) is 0 Å². The van der Waals surface area contributed by atoms with Crippen molar-refractivity contribution in [2.45, 2.75) is 19.5 Å². The first kappa shape index (κ1) is 8.89. The average molecular weight is 195 g/mol. The van der Waals surface area contributed by atoms with Crippen molar-refractivity contribution in [3.8, 4) is 0 Å². The van der Waals surface area contributed by atoms with Crippen LogP contribution in [0.1, 0.15) is 17.0 Å². The normalized spacial score (nSPS) is 14.0. The van der Waals surface area contributed by atoms with Crippen molar-refractivity contribution >= 4 is 5.97 Å². The summed E-state index contributed by atoms with van der Waals surface area (Å²) in [5.74, 6) is -0.975. The van der Waals surface area contributed by atoms with Gasteiger partial charge in [-0.25, -0.2) is 4.79 Å². The summed E-state index contributed by atoms with van der Waals surface area (Å²) in [6, 6.07) is 0. The van der Waals surface area contributed by atoms with Crippen molar-refractivity contribution in [1.82, 2.24) is 15.3 Å². The second kappa shape index (κ2) is 3.22. The Morgan fingerprint density at radius 1 is 1.50 bits per heavy atom. The Morgan fingerprint density at radius 2 is 2.29 bits per heavy atom. The lowest BCUT2D eigenvalue weighted by Gasteiger charge is -2.02. The molecule has 0 aliphatic carbocycles. The highest BCUT2D eigenvalue weighted by Gasteiger charge is 2.18. The van der Waals surface area contributed by atoms with Crippen LogP contribution in [-0.4, -0.2) is 21.0 Å². The third kappa shape index (κ3) is 1.51. The number of H-pyrrole nitrogens is 1. The van der Waals surface area contributed by atoms with Gasteiger partial charge in [-0.1, -0.05) is 0 Å². The maximum Gasteiger partial charge on any atom is 0.345 e. The van der Waals surface area contributed by atoms with Crippen LogP contribution in [0.3, 0.4) is 0 Å². The zero-order chi connectivity index (χ0) is 10.1. The molecule has 74 valence electrons. The minimum Gasteiger partial charge on any atom is -0.481 e. The van der Waals surface area contributed by atoms with E-state index in [9.17, 15) is 9.59 Å². The molecule has 1 aromatic heterocycles. The lowest BCUT2D eigenvalue weighted by atomic mass is 10.1. The first-order valence-corrected chi connectivity index (χ1v) is 4.20. The van der Waals surface area contributed by atoms with E-state index in [1.807, 2.05) is 0 Å². The predicted octanol–water partition coefficient (Wildman–Crippen LogP) is -1.000. The highest BCUT2D eigenvalue weighted by molar-refractivity contribution is 5.70. The second-order valence-corrected chi connectivity index (χ2v) is 3.12. The van der Waals surface area contributed by atoms with Crippen LogP contribution in [0, 0.1) is 0 Å². The molecule has 1 aliphatic rings. The Kier molecular flexibility index (Phi) is 2.05. The van der Waals surface area contributed by atoms with Gasteiger partial charge in [0.25, 0.3) is 0 Å². The van der Waals surface area contributed by atoms with Crippen LogP contribution < -0.4 is 11.0 Å². The summed E-state index contributed by atoms with van der Waals surface area (Å²) in [7, 11) is 0. The van der Waals surface area contributed by atoms with Crippen LogP contribution in [0.4, 0.5) is 0 Å². The first-order chi connectivity index (χ1) is 6.66. The topological polar surface area (TPSA) is 95.1 Å². The number of carboxylic acid groups (broad SMARTS) is 1. The van der Waals surface area contributed by atoms with Gasteiger partial charge in [0.1, 0.15) is 0 Å². The molecule has 0 spiro atoms. The molecule has 0 fully saturated rings. The quantitative estimate of drug-likeness (QED) is 0.562. The molecular weight excluding hydrogens is 186 g/mol. The lowest BCUT2D eigenvalue weighted by Crippen LogP contribution is -2.18. The molecule has 6 heteroatoms. The van der Waals surface area contributed by atoms with Crippen LogP contribution in [0.25, 0.3) is 0 Å². The zero-order valence-corrected chi connectivity index (χ0v) is 7.33. The number of aromatic nitrogens is 2. The number of aromatic amines is 1. The maximum absolute atomic E-state index is 11.0. The Hall–Kier alpha value is -1.69. The summed E-state index contributed by atoms with van der Waals surface area (Å²) in [5.41, 5.74) is 1.44. The van der Waals surface area contributed by atoms with Crippen molar-refractivity contribution in [2.24, 2.45) is 0 Å². The molecule has 0 aromatic carbocycles. The van der Waals surface area contributed by atoms with Crippen molar-refractivity contribution in [3.05, 3.63) is 27.4 Å². The van der Waals surface area contributed by atoms with E-state index in [2.05, 4.69) is 15.3 Å². The summed E-state index contributed by atoms with van der Waals surface area (Å²) in [5, 5.41) is 11.6. The van der Waals surface area contributed by atoms with E-state index in [1.165, 1.54) is 0 Å². The van der Waals surface area contributed by atoms with Gasteiger partial charge in [-0.15, -0.1) is 0 Å². The van der Waals surface area contributed by atoms with Gasteiger partial charge >= 0.3 is 11.7 Å². The van der Waals surface area contributed by atoms with Crippen LogP contribution in [0.15, 0.2) is 4.79 Å². The van der Waals surface area contributed by atoms with E-state index in [4.69, 9.17) is 5.11 Å². The summed E-state index contributed by atoms with van der Waals surface area (Å²) in [4.78, 5) is 27.8. The van der Waals surface area contributed by atoms with E-state index < -0.39 is 11.7 Å². The van der Waals surface area contributed by atoms with Gasteiger partial charge in [-0.3, -0.25) is 4.79 Å². The smallest absolute Gasteiger partial charge is 0.345 e. The molecule has 0 unspecified atom stereocenters. The monoisotopic (exact) mass is 195 g/mol. The summed E-state index contributed by atoms with van der Waals surface area (Å²) in [6.07, 6.45) is -0.200. The second-order valence-electron chi connectivity index (χ2n) is 3.12. The van der Waals surface area contributed by atoms with Crippen molar-refractivity contribution in [2.75, 3.05) is 0 Å². The highest BCUT2D eigenvalue weighted by atomic mass is 16.4. The van der Waals surface area contributed by atoms with Crippen molar-refractivity contribution < 1.29 is 9.90 Å². The molecule has 1 aliphatic heterocycles. The molecule has 0 bridgehead atoms. The fraction of sp³-hybridized carbons (Fsp3) is 0.375. The average Bonchev–Trinajstić information content (AvgIpc) is 2.50. The zero-order valence-electron chi connectivity index (χ0n) is 7.33. The van der Waals surface area contributed by atoms with Crippen LogP contribution in [-0.2, 0) is 24.3 Å². The number of hydrogen-bond donors (Lipinski definition) is 3. The Balaban J connectivity index is 2.48. The summed E-state index contributed by atoms with van der Waals surface area (Å²) in [6.45, 7) is 1.14. The van der Waals surface area contributed by atoms with E-state index >= 15 is 0 Å². The minimum absolute atomic E-state index is 0.200. The first-order valence-electron chi connectivity index (χ1n) is 4.20. The Labute approximate surface area is 79.0 Å². The molecule has 2 heterocycles. The number of nitrogens with zero attached hydrogens (tertiary/aromatic N) is 1. The summed E-state index contributed by atoms with van der Waals surface area (Å²) < 4.78 is 0. The number of nitrogens with one attached hydrogen (secondary N) is 2. The van der Waals surface area contributed by atoms with Gasteiger partial charge in [0.05, 0.1) is 12.1 Å². The summed E-state index contributed by atoms with van der Waals surface area (Å²) >= 11 is 0. The molecule has 1 aromatic rings. The third-order valence-electron chi connectivity index (χ3n) is 2.13. The van der Waals surface area contributed by atoms with Crippen LogP contribution in [0.5, 0.6) is 0 Å². The number of fused-ring (bicyclic) bond motifs is 1. The molecule has 0 amide bonds. The van der Waals surface area contributed by atoms with Crippen molar-refractivity contribution in [3.63, 3.8) is 0 Å². The van der Waals surface area contributed by atoms with Crippen LogP contribution >= 0.6 is 0 Å². The molecule has 0 radical (unpaired) electrons. The number of aliphatic carboxylic acids is 1. The molecule has 2 rings (SSSR count). The van der Waals surface area contributed by atoms with Gasteiger partial charge in [0, 0.05) is 24.3 Å². The van der Waals surface area contributed by atoms with Gasteiger partial charge in [-0.05, 0) is 0 Å². The molecule has 0 atom stereocenters. The van der Waals surface area contributed by atoms with Gasteiger partial charge in [-0.2, -0.15) is 4.98 Å². The van der Waals surface area contributed by atoms with Crippen molar-refractivity contribution in [1.29, 1.82) is 0 Å². The van der Waals surface area contributed by atoms with Crippen LogP contribution in [0.2, 0.25) is 0 Å². The van der Waals surface area contributed by atoms with E-state index in [-0.39, 0.29) is 6.42 Å². The SMILES string of the molecule is O=C(O)Cc1nc(=O)[nH]c2c1CNC2. The largest absolute Gasteiger partial charge is 0.481 e. The Bertz CT molecular complexity index is 438. The predicted molar refractivity (Wildman–Crippen MR) is 46.7 cm³/mol. The van der Waals surface area contributed by atoms with E-state index in [0.717, 1.165) is 11.3 Å². The van der Waals surface area contributed by atoms with Gasteiger partial charge in [0.15, 0.2) is 0 Å². The number of carboxylic acids is 1. The Morgan fingerprint density at radius 3 is 3.00 bits per heavy atom. The number of rotatable bonds is 2. The van der Waals surface area contributed by atoms with Gasteiger partial charge < -0.3 is 15.4 Å². The molecule has 6 nitrogen and oxygen atoms in total. The molecular formula is C8H9N3O3. The molecule has 3 N–H and O–H groups in total. The van der Waals surface area contributed by atoms with E-state index in [0.29, 0.717) is 18.8 Å². The maximum atomic E-state index is 11.0. The molecule has 14 heavy (non-hydrogen) atoms. The highest BCUT2D eigenvalue weighted by Crippen LogP contribution is 2.14. The fourth-order valence-corrected chi connectivity index (χ4v) is 1.56. The number of carbonyl (C=O) groups is 1. The minimum atomic E-state index is -0.975. The third-order valence-corrected chi connectivity index (χ3v) is 2.13. The van der Waals surface area contributed by atoms with Gasteiger partial charge in [0.2, 0.25) is 0 Å². The number of hydrogen-bond acceptors (Lipinski definition) is 4. The molecule has 0 saturated carbocycles. The fourth-order valence-electron chi connectivity index (χ4n) is 1.56. The molecule has 0 saturated heterocycles. The lowest BCUT2D eigenvalue weighted by molar-refractivity contribution is -0.136. The standard InChI is InChI=1S/C8H9N3O3/c12-7(13)1-5-4-2-9-3-6(4)11-8(14)10-5/h9H,1-3H2,(H,12,13)(H,10,11,14).